The predicted molar refractivity (Wildman–Crippen MR) is 177 cm³/mol. The highest BCUT2D eigenvalue weighted by Gasteiger charge is 2.36. The number of hydrogen-bond donors (Lipinski definition) is 1. The van der Waals surface area contributed by atoms with Crippen molar-refractivity contribution in [2.24, 2.45) is 0 Å². The van der Waals surface area contributed by atoms with Crippen LogP contribution in [0.25, 0.3) is 0 Å². The van der Waals surface area contributed by atoms with Crippen LogP contribution in [0, 0.1) is 20.8 Å². The molecule has 1 unspecified atom stereocenters. The summed E-state index contributed by atoms with van der Waals surface area (Å²) in [5, 5.41) is 3.25. The Morgan fingerprint density at radius 3 is 2.11 bits per heavy atom. The second kappa shape index (κ2) is 14.9. The predicted octanol–water partition coefficient (Wildman–Crippen LogP) is 5.31. The largest absolute Gasteiger partial charge is 0.352 e. The summed E-state index contributed by atoms with van der Waals surface area (Å²) in [5.41, 5.74) is 4.91. The van der Waals surface area contributed by atoms with E-state index < -0.39 is 28.7 Å². The summed E-state index contributed by atoms with van der Waals surface area (Å²) in [4.78, 5) is 30.2. The third-order valence-electron chi connectivity index (χ3n) is 8.35. The minimum atomic E-state index is -4.05. The second-order valence-corrected chi connectivity index (χ2v) is 14.2. The van der Waals surface area contributed by atoms with Crippen LogP contribution in [0.2, 0.25) is 0 Å². The van der Waals surface area contributed by atoms with Gasteiger partial charge in [0.2, 0.25) is 11.8 Å². The van der Waals surface area contributed by atoms with Crippen LogP contribution >= 0.6 is 0 Å². The highest BCUT2D eigenvalue weighted by atomic mass is 32.2. The third-order valence-corrected chi connectivity index (χ3v) is 10.2. The fourth-order valence-corrected chi connectivity index (χ4v) is 6.79. The van der Waals surface area contributed by atoms with Crippen LogP contribution in [0.15, 0.2) is 72.8 Å². The first-order valence-corrected chi connectivity index (χ1v) is 16.8. The Kier molecular flexibility index (Phi) is 11.2. The van der Waals surface area contributed by atoms with Gasteiger partial charge in [0.1, 0.15) is 12.6 Å². The average Bonchev–Trinajstić information content (AvgIpc) is 3.00. The number of anilines is 1. The first kappa shape index (κ1) is 33.2. The Morgan fingerprint density at radius 2 is 1.48 bits per heavy atom. The molecule has 8 nitrogen and oxygen atoms in total. The average molecular weight is 619 g/mol. The van der Waals surface area contributed by atoms with Gasteiger partial charge in [0.25, 0.3) is 0 Å². The number of hydrogen-bond acceptors (Lipinski definition) is 4. The number of aryl methyl sites for hydroxylation is 3. The van der Waals surface area contributed by atoms with Crippen LogP contribution in [-0.4, -0.2) is 62.2 Å². The summed E-state index contributed by atoms with van der Waals surface area (Å²) in [6.45, 7) is 5.43. The molecule has 1 atom stereocenters. The topological polar surface area (TPSA) is 90.0 Å². The summed E-state index contributed by atoms with van der Waals surface area (Å²) in [6.07, 6.45) is 5.42. The van der Waals surface area contributed by atoms with Crippen LogP contribution in [0.1, 0.15) is 59.9 Å². The maximum absolute atomic E-state index is 14.5. The molecule has 1 N–H and O–H groups in total. The van der Waals surface area contributed by atoms with Crippen molar-refractivity contribution in [3.05, 3.63) is 101 Å². The third kappa shape index (κ3) is 8.48. The van der Waals surface area contributed by atoms with Gasteiger partial charge in [0, 0.05) is 33.1 Å². The van der Waals surface area contributed by atoms with Gasteiger partial charge in [-0.15, -0.1) is 0 Å². The molecule has 0 aromatic heterocycles. The SMILES string of the molecule is Cc1ccc(CN(C(=O)CN(c2cc(C)ccc2C)S(=O)(=O)N(C)C)C(Cc2ccccc2)C(=O)NC2CCCCC2)cc1. The Hall–Kier alpha value is -3.69. The minimum absolute atomic E-state index is 0.0615. The maximum Gasteiger partial charge on any atom is 0.304 e. The van der Waals surface area contributed by atoms with Crippen molar-refractivity contribution in [3.63, 3.8) is 0 Å². The molecule has 0 saturated heterocycles. The van der Waals surface area contributed by atoms with Gasteiger partial charge >= 0.3 is 10.2 Å². The fraction of sp³-hybridized carbons (Fsp3) is 0.429. The molecule has 44 heavy (non-hydrogen) atoms. The van der Waals surface area contributed by atoms with Crippen molar-refractivity contribution in [3.8, 4) is 0 Å². The van der Waals surface area contributed by atoms with Crippen LogP contribution < -0.4 is 9.62 Å². The van der Waals surface area contributed by atoms with Crippen LogP contribution in [0.5, 0.6) is 0 Å². The highest BCUT2D eigenvalue weighted by molar-refractivity contribution is 7.90. The molecule has 0 heterocycles. The number of carbonyl (C=O) groups is 2. The Labute approximate surface area is 263 Å². The summed E-state index contributed by atoms with van der Waals surface area (Å²) >= 11 is 0. The fourth-order valence-electron chi connectivity index (χ4n) is 5.68. The van der Waals surface area contributed by atoms with Gasteiger partial charge in [-0.1, -0.05) is 91.6 Å². The van der Waals surface area contributed by atoms with E-state index in [0.717, 1.165) is 64.2 Å². The van der Waals surface area contributed by atoms with Crippen molar-refractivity contribution in [2.45, 2.75) is 77.9 Å². The van der Waals surface area contributed by atoms with Crippen molar-refractivity contribution in [2.75, 3.05) is 24.9 Å². The van der Waals surface area contributed by atoms with Crippen molar-refractivity contribution in [1.29, 1.82) is 0 Å². The lowest BCUT2D eigenvalue weighted by Crippen LogP contribution is -2.55. The molecule has 0 radical (unpaired) electrons. The molecular weight excluding hydrogens is 572 g/mol. The molecule has 0 aliphatic heterocycles. The van der Waals surface area contributed by atoms with Gasteiger partial charge < -0.3 is 10.2 Å². The number of carbonyl (C=O) groups excluding carboxylic acids is 2. The van der Waals surface area contributed by atoms with Crippen molar-refractivity contribution >= 4 is 27.7 Å². The van der Waals surface area contributed by atoms with E-state index in [1.807, 2.05) is 87.5 Å². The van der Waals surface area contributed by atoms with E-state index in [9.17, 15) is 18.0 Å². The molecule has 4 rings (SSSR count). The summed E-state index contributed by atoms with van der Waals surface area (Å²) in [6, 6.07) is 22.3. The normalized spacial score (nSPS) is 14.7. The molecule has 1 saturated carbocycles. The number of amides is 2. The molecule has 3 aromatic rings. The molecule has 1 aliphatic rings. The van der Waals surface area contributed by atoms with E-state index in [1.165, 1.54) is 18.4 Å². The summed E-state index contributed by atoms with van der Waals surface area (Å²) in [7, 11) is -1.13. The molecular formula is C35H46N4O4S. The molecule has 0 spiro atoms. The monoisotopic (exact) mass is 618 g/mol. The minimum Gasteiger partial charge on any atom is -0.352 e. The Morgan fingerprint density at radius 1 is 0.841 bits per heavy atom. The number of nitrogens with zero attached hydrogens (tertiary/aromatic N) is 3. The zero-order chi connectivity index (χ0) is 31.9. The van der Waals surface area contributed by atoms with Gasteiger partial charge in [-0.2, -0.15) is 12.7 Å². The van der Waals surface area contributed by atoms with E-state index in [0.29, 0.717) is 12.1 Å². The van der Waals surface area contributed by atoms with E-state index >= 15 is 0 Å². The highest BCUT2D eigenvalue weighted by Crippen LogP contribution is 2.27. The number of rotatable bonds is 12. The zero-order valence-corrected chi connectivity index (χ0v) is 27.4. The second-order valence-electron chi connectivity index (χ2n) is 12.1. The number of benzene rings is 3. The molecule has 9 heteroatoms. The molecule has 3 aromatic carbocycles. The molecule has 236 valence electrons. The molecule has 0 bridgehead atoms. The summed E-state index contributed by atoms with van der Waals surface area (Å²) in [5.74, 6) is -0.661. The molecule has 1 fully saturated rings. The van der Waals surface area contributed by atoms with Gasteiger partial charge in [0.15, 0.2) is 0 Å². The molecule has 1 aliphatic carbocycles. The van der Waals surface area contributed by atoms with Crippen molar-refractivity contribution in [1.82, 2.24) is 14.5 Å². The van der Waals surface area contributed by atoms with Gasteiger partial charge in [-0.25, -0.2) is 4.31 Å². The van der Waals surface area contributed by atoms with Gasteiger partial charge in [-0.3, -0.25) is 9.59 Å². The summed E-state index contributed by atoms with van der Waals surface area (Å²) < 4.78 is 29.7. The zero-order valence-electron chi connectivity index (χ0n) is 26.6. The Balaban J connectivity index is 1.77. The lowest BCUT2D eigenvalue weighted by molar-refractivity contribution is -0.140. The lowest BCUT2D eigenvalue weighted by atomic mass is 9.94. The van der Waals surface area contributed by atoms with Gasteiger partial charge in [0.05, 0.1) is 5.69 Å². The van der Waals surface area contributed by atoms with Crippen molar-refractivity contribution < 1.29 is 18.0 Å². The smallest absolute Gasteiger partial charge is 0.304 e. The molecule has 2 amide bonds. The maximum atomic E-state index is 14.5. The van der Waals surface area contributed by atoms with E-state index in [-0.39, 0.29) is 18.5 Å². The van der Waals surface area contributed by atoms with Crippen LogP contribution in [0.4, 0.5) is 5.69 Å². The van der Waals surface area contributed by atoms with E-state index in [1.54, 1.807) is 11.0 Å². The quantitative estimate of drug-likeness (QED) is 0.298. The van der Waals surface area contributed by atoms with E-state index in [4.69, 9.17) is 0 Å². The lowest BCUT2D eigenvalue weighted by Gasteiger charge is -2.36. The number of nitrogens with one attached hydrogen (secondary N) is 1. The first-order valence-electron chi connectivity index (χ1n) is 15.4. The van der Waals surface area contributed by atoms with Crippen LogP contribution in [0.3, 0.4) is 0 Å². The first-order chi connectivity index (χ1) is 21.0. The van der Waals surface area contributed by atoms with Crippen LogP contribution in [-0.2, 0) is 32.8 Å². The standard InChI is InChI=1S/C35H46N4O4S/c1-26-17-20-30(21-18-26)24-38(33(23-29-12-8-6-9-13-29)35(41)36-31-14-10-7-11-15-31)34(40)25-39(44(42,43)37(4)5)32-22-27(2)16-19-28(32)3/h6,8-9,12-13,16-22,31,33H,7,10-11,14-15,23-25H2,1-5H3,(H,36,41). The van der Waals surface area contributed by atoms with E-state index in [2.05, 4.69) is 5.32 Å². The Bertz CT molecular complexity index is 1520. The van der Waals surface area contributed by atoms with Gasteiger partial charge in [-0.05, 0) is 61.9 Å².